The van der Waals surface area contributed by atoms with Gasteiger partial charge in [0.25, 0.3) is 10.0 Å². The molecule has 0 spiro atoms. The number of morpholine rings is 1. The molecule has 2 heterocycles. The minimum atomic E-state index is -3.95. The summed E-state index contributed by atoms with van der Waals surface area (Å²) in [5, 5.41) is 23.9. The lowest BCUT2D eigenvalue weighted by atomic mass is 10.1. The van der Waals surface area contributed by atoms with Crippen molar-refractivity contribution in [1.29, 1.82) is 5.26 Å². The fourth-order valence-electron chi connectivity index (χ4n) is 3.83. The third kappa shape index (κ3) is 6.67. The van der Waals surface area contributed by atoms with Gasteiger partial charge in [0.1, 0.15) is 6.07 Å². The quantitative estimate of drug-likeness (QED) is 0.358. The number of aliphatic hydroxyl groups is 1. The highest BCUT2D eigenvalue weighted by atomic mass is 32.2. The lowest BCUT2D eigenvalue weighted by molar-refractivity contribution is 0.0398. The predicted octanol–water partition coefficient (Wildman–Crippen LogP) is 3.09. The average molecular weight is 513 g/mol. The van der Waals surface area contributed by atoms with E-state index >= 15 is 0 Å². The van der Waals surface area contributed by atoms with Crippen LogP contribution in [-0.2, 0) is 14.8 Å². The minimum Gasteiger partial charge on any atom is -0.395 e. The highest BCUT2D eigenvalue weighted by Gasteiger charge is 2.17. The van der Waals surface area contributed by atoms with E-state index in [1.54, 1.807) is 12.1 Å². The van der Waals surface area contributed by atoms with Crippen molar-refractivity contribution >= 4 is 43.9 Å². The topological polar surface area (TPSA) is 115 Å². The molecule has 3 N–H and O–H groups in total. The summed E-state index contributed by atoms with van der Waals surface area (Å²) in [6.45, 7) is 4.97. The van der Waals surface area contributed by atoms with Gasteiger partial charge in [-0.25, -0.2) is 13.1 Å². The van der Waals surface area contributed by atoms with E-state index in [1.807, 2.05) is 12.1 Å². The van der Waals surface area contributed by atoms with Crippen LogP contribution in [0.1, 0.15) is 4.88 Å². The number of hydrogen-bond acceptors (Lipinski definition) is 8. The molecule has 1 fully saturated rings. The van der Waals surface area contributed by atoms with Gasteiger partial charge in [0.2, 0.25) is 0 Å². The third-order valence-electron chi connectivity index (χ3n) is 5.69. The number of ether oxygens (including phenoxy) is 1. The number of fused-ring (bicyclic) bond motifs is 1. The number of nitrogens with zero attached hydrogens (tertiary/aromatic N) is 2. The Morgan fingerprint density at radius 2 is 1.89 bits per heavy atom. The molecule has 1 aromatic heterocycles. The second-order valence-electron chi connectivity index (χ2n) is 8.10. The highest BCUT2D eigenvalue weighted by Crippen LogP contribution is 2.32. The molecule has 0 bridgehead atoms. The second kappa shape index (κ2) is 11.8. The first kappa shape index (κ1) is 25.3. The van der Waals surface area contributed by atoms with Gasteiger partial charge >= 0.3 is 0 Å². The lowest BCUT2D eigenvalue weighted by Gasteiger charge is -2.26. The van der Waals surface area contributed by atoms with Crippen molar-refractivity contribution < 1.29 is 18.3 Å². The predicted molar refractivity (Wildman–Crippen MR) is 141 cm³/mol. The Bertz CT molecular complexity index is 1340. The van der Waals surface area contributed by atoms with Crippen LogP contribution in [0, 0.1) is 11.3 Å². The minimum absolute atomic E-state index is 0.140. The maximum Gasteiger partial charge on any atom is 0.250 e. The molecule has 0 saturated carbocycles. The van der Waals surface area contributed by atoms with Gasteiger partial charge in [-0.1, -0.05) is 18.2 Å². The first-order chi connectivity index (χ1) is 17.0. The Hall–Kier alpha value is -2.78. The van der Waals surface area contributed by atoms with Crippen molar-refractivity contribution in [3.8, 4) is 16.5 Å². The summed E-state index contributed by atoms with van der Waals surface area (Å²) in [5.74, 6) is 0. The zero-order valence-electron chi connectivity index (χ0n) is 19.2. The monoisotopic (exact) mass is 512 g/mol. The molecule has 10 heteroatoms. The normalized spacial score (nSPS) is 15.3. The van der Waals surface area contributed by atoms with Crippen molar-refractivity contribution in [2.75, 3.05) is 57.9 Å². The summed E-state index contributed by atoms with van der Waals surface area (Å²) < 4.78 is 32.0. The number of nitriles is 1. The van der Waals surface area contributed by atoms with Crippen molar-refractivity contribution in [2.24, 2.45) is 0 Å². The second-order valence-corrected chi connectivity index (χ2v) is 11.0. The molecule has 0 aliphatic carbocycles. The van der Waals surface area contributed by atoms with Crippen LogP contribution in [0.15, 0.2) is 53.4 Å². The van der Waals surface area contributed by atoms with Gasteiger partial charge < -0.3 is 15.2 Å². The van der Waals surface area contributed by atoms with E-state index < -0.39 is 10.0 Å². The van der Waals surface area contributed by atoms with Crippen LogP contribution < -0.4 is 10.0 Å². The summed E-state index contributed by atoms with van der Waals surface area (Å²) in [6, 6.07) is 18.0. The molecule has 1 aliphatic rings. The molecule has 1 saturated heterocycles. The Morgan fingerprint density at radius 1 is 1.11 bits per heavy atom. The van der Waals surface area contributed by atoms with Crippen LogP contribution in [0.2, 0.25) is 0 Å². The van der Waals surface area contributed by atoms with Crippen molar-refractivity contribution in [3.63, 3.8) is 0 Å². The molecule has 1 aliphatic heterocycles. The number of sulfonamides is 1. The number of thiophene rings is 1. The first-order valence-electron chi connectivity index (χ1n) is 11.4. The number of anilines is 1. The Labute approximate surface area is 209 Å². The Kier molecular flexibility index (Phi) is 8.51. The van der Waals surface area contributed by atoms with Gasteiger partial charge in [-0.3, -0.25) is 4.90 Å². The van der Waals surface area contributed by atoms with E-state index in [0.717, 1.165) is 66.3 Å². The molecule has 184 valence electrons. The zero-order chi connectivity index (χ0) is 24.7. The zero-order valence-corrected chi connectivity index (χ0v) is 20.9. The molecule has 8 nitrogen and oxygen atoms in total. The molecular weight excluding hydrogens is 484 g/mol. The summed E-state index contributed by atoms with van der Waals surface area (Å²) in [7, 11) is -3.95. The Balaban J connectivity index is 1.45. The van der Waals surface area contributed by atoms with Crippen LogP contribution in [0.3, 0.4) is 0 Å². The number of aliphatic hydroxyl groups excluding tert-OH is 1. The molecule has 35 heavy (non-hydrogen) atoms. The fraction of sp³-hybridized carbons (Fsp3) is 0.320. The SMILES string of the molecule is N#C/C(=C\c1ccc(-c2ccc3cc(NCCN4CCOCC4)ccc3c2)s1)S(=O)(=O)NCCO. The van der Waals surface area contributed by atoms with Crippen LogP contribution in [-0.4, -0.2) is 71.0 Å². The number of rotatable bonds is 10. The molecule has 0 amide bonds. The molecule has 0 unspecified atom stereocenters. The standard InChI is InChI=1S/C25H28N4O4S2/c26-18-24(35(31,32)28-8-12-30)17-23-5-6-25(34-23)21-2-1-20-16-22(4-3-19(20)15-21)27-7-9-29-10-13-33-14-11-29/h1-6,15-17,27-28,30H,7-14H2/b24-17+. The molecular formula is C25H28N4O4S2. The van der Waals surface area contributed by atoms with Crippen molar-refractivity contribution in [1.82, 2.24) is 9.62 Å². The van der Waals surface area contributed by atoms with Crippen LogP contribution in [0.5, 0.6) is 0 Å². The highest BCUT2D eigenvalue weighted by molar-refractivity contribution is 7.93. The summed E-state index contributed by atoms with van der Waals surface area (Å²) in [5.41, 5.74) is 2.11. The van der Waals surface area contributed by atoms with Gasteiger partial charge in [-0.05, 0) is 52.7 Å². The largest absolute Gasteiger partial charge is 0.395 e. The van der Waals surface area contributed by atoms with E-state index in [4.69, 9.17) is 9.84 Å². The van der Waals surface area contributed by atoms with E-state index in [9.17, 15) is 13.7 Å². The summed E-state index contributed by atoms with van der Waals surface area (Å²) in [4.78, 5) is 3.65. The number of hydrogen-bond donors (Lipinski definition) is 3. The molecule has 0 atom stereocenters. The van der Waals surface area contributed by atoms with E-state index in [0.29, 0.717) is 4.88 Å². The smallest absolute Gasteiger partial charge is 0.250 e. The van der Waals surface area contributed by atoms with Crippen molar-refractivity contribution in [2.45, 2.75) is 0 Å². The maximum absolute atomic E-state index is 12.2. The summed E-state index contributed by atoms with van der Waals surface area (Å²) in [6.07, 6.45) is 1.35. The number of benzene rings is 2. The van der Waals surface area contributed by atoms with E-state index in [1.165, 1.54) is 17.4 Å². The van der Waals surface area contributed by atoms with Gasteiger partial charge in [0, 0.05) is 48.2 Å². The maximum atomic E-state index is 12.2. The van der Waals surface area contributed by atoms with Gasteiger partial charge in [0.15, 0.2) is 4.91 Å². The third-order valence-corrected chi connectivity index (χ3v) is 8.14. The average Bonchev–Trinajstić information content (AvgIpc) is 3.35. The Morgan fingerprint density at radius 3 is 2.66 bits per heavy atom. The van der Waals surface area contributed by atoms with Crippen LogP contribution in [0.25, 0.3) is 27.3 Å². The van der Waals surface area contributed by atoms with Gasteiger partial charge in [-0.2, -0.15) is 5.26 Å². The fourth-order valence-corrected chi connectivity index (χ4v) is 5.77. The first-order valence-corrected chi connectivity index (χ1v) is 13.7. The molecule has 4 rings (SSSR count). The number of nitrogens with one attached hydrogen (secondary N) is 2. The van der Waals surface area contributed by atoms with E-state index in [2.05, 4.69) is 45.3 Å². The number of allylic oxidation sites excluding steroid dienone is 1. The van der Waals surface area contributed by atoms with Crippen LogP contribution in [0.4, 0.5) is 5.69 Å². The van der Waals surface area contributed by atoms with E-state index in [-0.39, 0.29) is 18.1 Å². The van der Waals surface area contributed by atoms with Gasteiger partial charge in [-0.15, -0.1) is 11.3 Å². The molecule has 3 aromatic rings. The molecule has 0 radical (unpaired) electrons. The summed E-state index contributed by atoms with van der Waals surface area (Å²) >= 11 is 1.41. The van der Waals surface area contributed by atoms with Gasteiger partial charge in [0.05, 0.1) is 19.8 Å². The van der Waals surface area contributed by atoms with Crippen molar-refractivity contribution in [3.05, 3.63) is 58.3 Å². The van der Waals surface area contributed by atoms with Crippen LogP contribution >= 0.6 is 11.3 Å². The molecule has 2 aromatic carbocycles. The lowest BCUT2D eigenvalue weighted by Crippen LogP contribution is -2.38.